The van der Waals surface area contributed by atoms with Crippen LogP contribution in [0.15, 0.2) is 34.3 Å². The van der Waals surface area contributed by atoms with Crippen LogP contribution in [0.4, 0.5) is 0 Å². The van der Waals surface area contributed by atoms with Crippen LogP contribution in [0.2, 0.25) is 0 Å². The maximum Gasteiger partial charge on any atom is 0.346 e. The van der Waals surface area contributed by atoms with Gasteiger partial charge in [-0.05, 0) is 23.6 Å². The summed E-state index contributed by atoms with van der Waals surface area (Å²) in [6.07, 6.45) is 1.58. The van der Waals surface area contributed by atoms with Gasteiger partial charge in [0.1, 0.15) is 17.2 Å². The number of furan rings is 1. The molecule has 84 valence electrons. The zero-order chi connectivity index (χ0) is 11.4. The van der Waals surface area contributed by atoms with E-state index in [0.29, 0.717) is 17.0 Å². The van der Waals surface area contributed by atoms with Gasteiger partial charge in [-0.15, -0.1) is 11.3 Å². The Morgan fingerprint density at radius 3 is 3.00 bits per heavy atom. The lowest BCUT2D eigenvalue weighted by atomic mass is 10.3. The molecule has 0 spiro atoms. The first kappa shape index (κ1) is 10.9. The average molecular weight is 238 g/mol. The minimum absolute atomic E-state index is 0.284. The van der Waals surface area contributed by atoms with Crippen molar-refractivity contribution in [1.29, 1.82) is 0 Å². The molecule has 2 rings (SSSR count). The number of hydrogen-bond acceptors (Lipinski definition) is 4. The molecule has 0 aliphatic rings. The molecule has 0 saturated carbocycles. The van der Waals surface area contributed by atoms with Gasteiger partial charge in [0, 0.05) is 5.56 Å². The summed E-state index contributed by atoms with van der Waals surface area (Å²) < 4.78 is 10.5. The van der Waals surface area contributed by atoms with Crippen molar-refractivity contribution in [2.75, 3.05) is 0 Å². The van der Waals surface area contributed by atoms with Gasteiger partial charge in [-0.3, -0.25) is 0 Å². The lowest BCUT2D eigenvalue weighted by Gasteiger charge is -2.01. The lowest BCUT2D eigenvalue weighted by Crippen LogP contribution is -2.00. The Morgan fingerprint density at radius 2 is 2.31 bits per heavy atom. The summed E-state index contributed by atoms with van der Waals surface area (Å²) in [6.45, 7) is 0.633. The molecule has 2 heterocycles. The van der Waals surface area contributed by atoms with E-state index >= 15 is 0 Å². The lowest BCUT2D eigenvalue weighted by molar-refractivity contribution is 0.0686. The molecule has 2 aromatic rings. The number of aromatic carboxylic acids is 1. The first-order valence-electron chi connectivity index (χ1n) is 4.67. The normalized spacial score (nSPS) is 10.5. The maximum atomic E-state index is 10.8. The number of hydrogen-bond donors (Lipinski definition) is 1. The molecule has 0 amide bonds. The Balaban J connectivity index is 1.90. The van der Waals surface area contributed by atoms with E-state index in [4.69, 9.17) is 14.3 Å². The first-order valence-corrected chi connectivity index (χ1v) is 5.55. The Bertz CT molecular complexity index is 458. The smallest absolute Gasteiger partial charge is 0.346 e. The summed E-state index contributed by atoms with van der Waals surface area (Å²) in [5, 5.41) is 10.6. The van der Waals surface area contributed by atoms with Crippen molar-refractivity contribution < 1.29 is 19.1 Å². The second kappa shape index (κ2) is 4.96. The number of rotatable bonds is 5. The van der Waals surface area contributed by atoms with Gasteiger partial charge in [-0.2, -0.15) is 0 Å². The van der Waals surface area contributed by atoms with Gasteiger partial charge in [-0.25, -0.2) is 4.79 Å². The van der Waals surface area contributed by atoms with Gasteiger partial charge in [0.15, 0.2) is 0 Å². The van der Waals surface area contributed by atoms with Crippen LogP contribution in [0.5, 0.6) is 0 Å². The summed E-state index contributed by atoms with van der Waals surface area (Å²) in [5.74, 6) is -0.182. The first-order chi connectivity index (χ1) is 7.77. The average Bonchev–Trinajstić information content (AvgIpc) is 2.87. The van der Waals surface area contributed by atoms with Gasteiger partial charge in [0.05, 0.1) is 12.9 Å². The molecule has 0 atom stereocenters. The molecule has 2 aromatic heterocycles. The fraction of sp³-hybridized carbons (Fsp3) is 0.182. The van der Waals surface area contributed by atoms with Crippen LogP contribution >= 0.6 is 11.3 Å². The molecular weight excluding hydrogens is 228 g/mol. The van der Waals surface area contributed by atoms with Gasteiger partial charge >= 0.3 is 5.97 Å². The van der Waals surface area contributed by atoms with Crippen molar-refractivity contribution in [3.63, 3.8) is 0 Å². The van der Waals surface area contributed by atoms with Crippen molar-refractivity contribution in [2.24, 2.45) is 0 Å². The number of ether oxygens (including phenoxy) is 1. The van der Waals surface area contributed by atoms with Gasteiger partial charge in [0.25, 0.3) is 0 Å². The zero-order valence-electron chi connectivity index (χ0n) is 8.38. The van der Waals surface area contributed by atoms with E-state index < -0.39 is 5.97 Å². The highest BCUT2D eigenvalue weighted by Gasteiger charge is 2.11. The van der Waals surface area contributed by atoms with Crippen LogP contribution in [-0.4, -0.2) is 11.1 Å². The van der Waals surface area contributed by atoms with Crippen LogP contribution in [0, 0.1) is 0 Å². The zero-order valence-corrected chi connectivity index (χ0v) is 9.20. The van der Waals surface area contributed by atoms with E-state index in [-0.39, 0.29) is 6.61 Å². The summed E-state index contributed by atoms with van der Waals surface area (Å²) in [6, 6.07) is 5.36. The highest BCUT2D eigenvalue weighted by molar-refractivity contribution is 7.12. The topological polar surface area (TPSA) is 59.7 Å². The van der Waals surface area contributed by atoms with Crippen LogP contribution in [0.25, 0.3) is 0 Å². The molecule has 0 bridgehead atoms. The highest BCUT2D eigenvalue weighted by atomic mass is 32.1. The molecule has 0 aliphatic heterocycles. The summed E-state index contributed by atoms with van der Waals surface area (Å²) in [5.41, 5.74) is 0.698. The number of carbonyl (C=O) groups is 1. The Hall–Kier alpha value is -1.59. The van der Waals surface area contributed by atoms with Gasteiger partial charge in [-0.1, -0.05) is 0 Å². The van der Waals surface area contributed by atoms with Crippen molar-refractivity contribution in [1.82, 2.24) is 0 Å². The molecule has 0 radical (unpaired) electrons. The highest BCUT2D eigenvalue weighted by Crippen LogP contribution is 2.18. The van der Waals surface area contributed by atoms with Crippen molar-refractivity contribution in [3.05, 3.63) is 46.0 Å². The maximum absolute atomic E-state index is 10.8. The van der Waals surface area contributed by atoms with E-state index in [1.807, 2.05) is 6.07 Å². The molecule has 0 aliphatic carbocycles. The molecule has 0 unspecified atom stereocenters. The third-order valence-corrected chi connectivity index (χ3v) is 2.97. The van der Waals surface area contributed by atoms with Crippen LogP contribution < -0.4 is 0 Å². The molecular formula is C11H10O4S. The third kappa shape index (κ3) is 2.50. The standard InChI is InChI=1S/C11H10O4S/c12-11(13)10-8(3-5-16-10)6-14-7-9-2-1-4-15-9/h1-5H,6-7H2,(H,12,13). The second-order valence-corrected chi connectivity index (χ2v) is 4.07. The van der Waals surface area contributed by atoms with Crippen LogP contribution in [0.3, 0.4) is 0 Å². The fourth-order valence-electron chi connectivity index (χ4n) is 1.29. The summed E-state index contributed by atoms with van der Waals surface area (Å²) in [4.78, 5) is 11.1. The summed E-state index contributed by atoms with van der Waals surface area (Å²) >= 11 is 1.20. The molecule has 1 N–H and O–H groups in total. The number of carboxylic acids is 1. The predicted octanol–water partition coefficient (Wildman–Crippen LogP) is 2.76. The molecule has 0 fully saturated rings. The SMILES string of the molecule is O=C(O)c1sccc1COCc1ccco1. The molecule has 0 aromatic carbocycles. The van der Waals surface area contributed by atoms with Crippen LogP contribution in [-0.2, 0) is 18.0 Å². The number of carboxylic acid groups (broad SMARTS) is 1. The fourth-order valence-corrected chi connectivity index (χ4v) is 2.04. The van der Waals surface area contributed by atoms with Crippen molar-refractivity contribution in [2.45, 2.75) is 13.2 Å². The van der Waals surface area contributed by atoms with E-state index in [1.165, 1.54) is 11.3 Å². The van der Waals surface area contributed by atoms with Crippen LogP contribution in [0.1, 0.15) is 21.0 Å². The quantitative estimate of drug-likeness (QED) is 0.870. The number of thiophene rings is 1. The molecule has 4 nitrogen and oxygen atoms in total. The molecule has 5 heteroatoms. The largest absolute Gasteiger partial charge is 0.477 e. The summed E-state index contributed by atoms with van der Waals surface area (Å²) in [7, 11) is 0. The Labute approximate surface area is 96.1 Å². The van der Waals surface area contributed by atoms with E-state index in [0.717, 1.165) is 5.76 Å². The Morgan fingerprint density at radius 1 is 1.44 bits per heavy atom. The monoisotopic (exact) mass is 238 g/mol. The third-order valence-electron chi connectivity index (χ3n) is 2.02. The minimum atomic E-state index is -0.911. The van der Waals surface area contributed by atoms with E-state index in [2.05, 4.69) is 0 Å². The minimum Gasteiger partial charge on any atom is -0.477 e. The Kier molecular flexibility index (Phi) is 3.38. The van der Waals surface area contributed by atoms with Crippen molar-refractivity contribution >= 4 is 17.3 Å². The van der Waals surface area contributed by atoms with E-state index in [1.54, 1.807) is 23.8 Å². The predicted molar refractivity (Wildman–Crippen MR) is 58.5 cm³/mol. The van der Waals surface area contributed by atoms with Gasteiger partial charge < -0.3 is 14.3 Å². The molecule has 0 saturated heterocycles. The second-order valence-electron chi connectivity index (χ2n) is 3.15. The van der Waals surface area contributed by atoms with Crippen molar-refractivity contribution in [3.8, 4) is 0 Å². The molecule has 16 heavy (non-hydrogen) atoms. The van der Waals surface area contributed by atoms with Gasteiger partial charge in [0.2, 0.25) is 0 Å². The van der Waals surface area contributed by atoms with E-state index in [9.17, 15) is 4.79 Å².